The van der Waals surface area contributed by atoms with E-state index in [1.165, 1.54) is 31.2 Å². The van der Waals surface area contributed by atoms with Crippen molar-refractivity contribution in [2.75, 3.05) is 13.7 Å². The fraction of sp³-hybridized carbons (Fsp3) is 0.550. The zero-order valence-electron chi connectivity index (χ0n) is 15.4. The summed E-state index contributed by atoms with van der Waals surface area (Å²) in [6, 6.07) is 7.82. The van der Waals surface area contributed by atoms with Gasteiger partial charge < -0.3 is 9.64 Å². The van der Waals surface area contributed by atoms with Crippen molar-refractivity contribution in [2.45, 2.75) is 51.1 Å². The smallest absolute Gasteiger partial charge is 0.270 e. The Kier molecular flexibility index (Phi) is 4.42. The monoisotopic (exact) mass is 355 g/mol. The molecular formula is C20H25N3O3. The Balaban J connectivity index is 1.64. The Morgan fingerprint density at radius 3 is 2.46 bits per heavy atom. The van der Waals surface area contributed by atoms with Crippen LogP contribution >= 0.6 is 0 Å². The Morgan fingerprint density at radius 2 is 1.85 bits per heavy atom. The van der Waals surface area contributed by atoms with Gasteiger partial charge in [-0.2, -0.15) is 5.10 Å². The molecule has 1 aromatic rings. The average Bonchev–Trinajstić information content (AvgIpc) is 3.20. The van der Waals surface area contributed by atoms with Crippen molar-refractivity contribution in [3.63, 3.8) is 0 Å². The number of benzene rings is 1. The van der Waals surface area contributed by atoms with Crippen LogP contribution in [0.4, 0.5) is 0 Å². The lowest BCUT2D eigenvalue weighted by Crippen LogP contribution is -2.40. The van der Waals surface area contributed by atoms with E-state index in [4.69, 9.17) is 4.74 Å². The molecule has 138 valence electrons. The largest absolute Gasteiger partial charge is 0.497 e. The number of carbonyl (C=O) groups is 2. The molecule has 0 unspecified atom stereocenters. The van der Waals surface area contributed by atoms with Crippen LogP contribution < -0.4 is 4.74 Å². The van der Waals surface area contributed by atoms with E-state index in [2.05, 4.69) is 5.10 Å². The van der Waals surface area contributed by atoms with Gasteiger partial charge in [0.05, 0.1) is 19.1 Å². The molecule has 2 aliphatic heterocycles. The van der Waals surface area contributed by atoms with E-state index in [9.17, 15) is 9.59 Å². The number of hydrazone groups is 1. The Bertz CT molecular complexity index is 737. The number of methoxy groups -OCH3 is 1. The number of nitrogens with zero attached hydrogens (tertiary/aromatic N) is 3. The summed E-state index contributed by atoms with van der Waals surface area (Å²) in [6.45, 7) is 2.16. The fourth-order valence-corrected chi connectivity index (χ4v) is 4.55. The van der Waals surface area contributed by atoms with Gasteiger partial charge in [-0.15, -0.1) is 0 Å². The second-order valence-electron chi connectivity index (χ2n) is 7.42. The van der Waals surface area contributed by atoms with Crippen molar-refractivity contribution in [2.24, 2.45) is 11.0 Å². The molecule has 1 saturated heterocycles. The lowest BCUT2D eigenvalue weighted by Gasteiger charge is -2.32. The Morgan fingerprint density at radius 1 is 1.15 bits per heavy atom. The minimum atomic E-state index is -0.217. The van der Waals surface area contributed by atoms with Gasteiger partial charge in [-0.05, 0) is 30.5 Å². The van der Waals surface area contributed by atoms with Crippen LogP contribution in [0.1, 0.15) is 50.6 Å². The molecule has 0 aromatic heterocycles. The molecule has 6 nitrogen and oxygen atoms in total. The van der Waals surface area contributed by atoms with E-state index in [1.54, 1.807) is 7.11 Å². The van der Waals surface area contributed by atoms with Crippen molar-refractivity contribution in [1.29, 1.82) is 0 Å². The summed E-state index contributed by atoms with van der Waals surface area (Å²) < 4.78 is 5.23. The topological polar surface area (TPSA) is 62.2 Å². The molecule has 0 spiro atoms. The third-order valence-corrected chi connectivity index (χ3v) is 5.88. The second-order valence-corrected chi connectivity index (χ2v) is 7.42. The SMILES string of the molecule is COc1ccc([C@H]2[C@H]3CN(C4CCCCC4)C(=O)C3=NN2C(C)=O)cc1. The highest BCUT2D eigenvalue weighted by molar-refractivity contribution is 6.42. The average molecular weight is 355 g/mol. The van der Waals surface area contributed by atoms with Crippen molar-refractivity contribution < 1.29 is 14.3 Å². The van der Waals surface area contributed by atoms with Crippen molar-refractivity contribution in [3.8, 4) is 5.75 Å². The fourth-order valence-electron chi connectivity index (χ4n) is 4.55. The minimum Gasteiger partial charge on any atom is -0.497 e. The number of amides is 2. The molecule has 2 amide bonds. The second kappa shape index (κ2) is 6.74. The van der Waals surface area contributed by atoms with Crippen LogP contribution in [0.3, 0.4) is 0 Å². The zero-order valence-corrected chi connectivity index (χ0v) is 15.4. The summed E-state index contributed by atoms with van der Waals surface area (Å²) in [4.78, 5) is 27.1. The molecule has 3 aliphatic rings. The minimum absolute atomic E-state index is 0.0177. The first-order valence-electron chi connectivity index (χ1n) is 9.43. The summed E-state index contributed by atoms with van der Waals surface area (Å²) in [5.41, 5.74) is 1.54. The number of likely N-dealkylation sites (tertiary alicyclic amines) is 1. The highest BCUT2D eigenvalue weighted by atomic mass is 16.5. The summed E-state index contributed by atoms with van der Waals surface area (Å²) in [5, 5.41) is 5.94. The van der Waals surface area contributed by atoms with Gasteiger partial charge in [0.2, 0.25) is 5.91 Å². The Hall–Kier alpha value is -2.37. The molecular weight excluding hydrogens is 330 g/mol. The van der Waals surface area contributed by atoms with Crippen LogP contribution in [0.25, 0.3) is 0 Å². The normalized spacial score (nSPS) is 26.1. The first-order chi connectivity index (χ1) is 12.6. The number of ether oxygens (including phenoxy) is 1. The third kappa shape index (κ3) is 2.77. The molecule has 0 N–H and O–H groups in total. The van der Waals surface area contributed by atoms with Crippen molar-refractivity contribution in [3.05, 3.63) is 29.8 Å². The molecule has 2 heterocycles. The van der Waals surface area contributed by atoms with Crippen LogP contribution in [-0.4, -0.2) is 47.1 Å². The van der Waals surface area contributed by atoms with Crippen LogP contribution in [0.15, 0.2) is 29.4 Å². The maximum Gasteiger partial charge on any atom is 0.270 e. The molecule has 26 heavy (non-hydrogen) atoms. The number of hydrogen-bond donors (Lipinski definition) is 0. The summed E-state index contributed by atoms with van der Waals surface area (Å²) in [5.74, 6) is 0.601. The van der Waals surface area contributed by atoms with Gasteiger partial charge in [-0.25, -0.2) is 5.01 Å². The number of hydrogen-bond acceptors (Lipinski definition) is 4. The maximum absolute atomic E-state index is 13.0. The first-order valence-corrected chi connectivity index (χ1v) is 9.43. The lowest BCUT2D eigenvalue weighted by atomic mass is 9.91. The van der Waals surface area contributed by atoms with Gasteiger partial charge in [0.25, 0.3) is 5.91 Å². The molecule has 1 aliphatic carbocycles. The summed E-state index contributed by atoms with van der Waals surface area (Å²) in [7, 11) is 1.63. The highest BCUT2D eigenvalue weighted by Crippen LogP contribution is 2.41. The van der Waals surface area contributed by atoms with Crippen molar-refractivity contribution >= 4 is 17.5 Å². The molecule has 6 heteroatoms. The quantitative estimate of drug-likeness (QED) is 0.837. The van der Waals surface area contributed by atoms with Crippen molar-refractivity contribution in [1.82, 2.24) is 9.91 Å². The van der Waals surface area contributed by atoms with Crippen LogP contribution in [0.2, 0.25) is 0 Å². The van der Waals surface area contributed by atoms with Crippen LogP contribution in [0.5, 0.6) is 5.75 Å². The molecule has 2 atom stereocenters. The maximum atomic E-state index is 13.0. The van der Waals surface area contributed by atoms with Gasteiger partial charge in [0.1, 0.15) is 11.5 Å². The predicted molar refractivity (Wildman–Crippen MR) is 97.8 cm³/mol. The molecule has 4 rings (SSSR count). The van der Waals surface area contributed by atoms with Crippen LogP contribution in [-0.2, 0) is 9.59 Å². The van der Waals surface area contributed by atoms with E-state index in [1.807, 2.05) is 29.2 Å². The number of rotatable bonds is 3. The predicted octanol–water partition coefficient (Wildman–Crippen LogP) is 2.75. The lowest BCUT2D eigenvalue weighted by molar-refractivity contribution is -0.131. The molecule has 1 aromatic carbocycles. The third-order valence-electron chi connectivity index (χ3n) is 5.88. The first kappa shape index (κ1) is 17.1. The standard InChI is InChI=1S/C20H25N3O3/c1-13(24)23-19(14-8-10-16(26-2)11-9-14)17-12-22(20(25)18(17)21-23)15-6-4-3-5-7-15/h8-11,15,17,19H,3-7,12H2,1-2H3/t17-,19-/m0/s1. The van der Waals surface area contributed by atoms with Gasteiger partial charge >= 0.3 is 0 Å². The Labute approximate surface area is 153 Å². The van der Waals surface area contributed by atoms with Gasteiger partial charge in [-0.3, -0.25) is 9.59 Å². The van der Waals surface area contributed by atoms with E-state index >= 15 is 0 Å². The molecule has 0 bridgehead atoms. The number of carbonyl (C=O) groups excluding carboxylic acids is 2. The van der Waals surface area contributed by atoms with E-state index in [0.717, 1.165) is 24.2 Å². The van der Waals surface area contributed by atoms with Crippen LogP contribution in [0, 0.1) is 5.92 Å². The summed E-state index contributed by atoms with van der Waals surface area (Å²) >= 11 is 0. The highest BCUT2D eigenvalue weighted by Gasteiger charge is 2.51. The van der Waals surface area contributed by atoms with E-state index in [0.29, 0.717) is 18.3 Å². The van der Waals surface area contributed by atoms with Gasteiger partial charge in [0, 0.05) is 19.5 Å². The molecule has 1 saturated carbocycles. The molecule has 2 fully saturated rings. The van der Waals surface area contributed by atoms with Gasteiger partial charge in [-0.1, -0.05) is 31.4 Å². The molecule has 0 radical (unpaired) electrons. The number of fused-ring (bicyclic) bond motifs is 1. The van der Waals surface area contributed by atoms with Gasteiger partial charge in [0.15, 0.2) is 0 Å². The van der Waals surface area contributed by atoms with E-state index in [-0.39, 0.29) is 23.8 Å². The summed E-state index contributed by atoms with van der Waals surface area (Å²) in [6.07, 6.45) is 5.79. The zero-order chi connectivity index (χ0) is 18.3. The van der Waals surface area contributed by atoms with E-state index < -0.39 is 0 Å².